The largest absolute Gasteiger partial charge is 0.374 e. The Balaban J connectivity index is 2.00. The lowest BCUT2D eigenvalue weighted by molar-refractivity contribution is -0.121. The maximum atomic E-state index is 11.9. The fourth-order valence-electron chi connectivity index (χ4n) is 1.85. The number of aryl methyl sites for hydroxylation is 1. The Hall–Kier alpha value is -1.03. The molecule has 1 saturated carbocycles. The summed E-state index contributed by atoms with van der Waals surface area (Å²) in [5, 5.41) is 6.30. The average molecular weight is 311 g/mol. The molecule has 1 aromatic carbocycles. The standard InChI is InChI=1S/C14H19BrN2O/c1-3-10-8-11(15)4-7-13(10)16-9(2)14(18)17-12-5-6-12/h4,7-9,12,16H,3,5-6H2,1-2H3,(H,17,18). The number of benzene rings is 1. The summed E-state index contributed by atoms with van der Waals surface area (Å²) in [6, 6.07) is 6.32. The molecule has 0 radical (unpaired) electrons. The number of hydrogen-bond acceptors (Lipinski definition) is 2. The van der Waals surface area contributed by atoms with E-state index in [4.69, 9.17) is 0 Å². The van der Waals surface area contributed by atoms with Crippen LogP contribution in [0.2, 0.25) is 0 Å². The Morgan fingerprint density at radius 2 is 2.22 bits per heavy atom. The Morgan fingerprint density at radius 3 is 2.83 bits per heavy atom. The van der Waals surface area contributed by atoms with Gasteiger partial charge in [-0.3, -0.25) is 4.79 Å². The highest BCUT2D eigenvalue weighted by Gasteiger charge is 2.25. The van der Waals surface area contributed by atoms with Crippen LogP contribution < -0.4 is 10.6 Å². The molecule has 1 aliphatic carbocycles. The third-order valence-corrected chi connectivity index (χ3v) is 3.63. The first-order valence-corrected chi connectivity index (χ1v) is 7.24. The van der Waals surface area contributed by atoms with Gasteiger partial charge in [0.15, 0.2) is 0 Å². The van der Waals surface area contributed by atoms with Crippen molar-refractivity contribution in [3.8, 4) is 0 Å². The molecule has 0 aliphatic heterocycles. The second-order valence-electron chi connectivity index (χ2n) is 4.80. The normalized spacial score (nSPS) is 16.2. The molecule has 18 heavy (non-hydrogen) atoms. The van der Waals surface area contributed by atoms with Crippen LogP contribution >= 0.6 is 15.9 Å². The van der Waals surface area contributed by atoms with E-state index in [2.05, 4.69) is 39.6 Å². The molecule has 3 nitrogen and oxygen atoms in total. The number of anilines is 1. The summed E-state index contributed by atoms with van der Waals surface area (Å²) in [5.41, 5.74) is 2.26. The van der Waals surface area contributed by atoms with E-state index in [0.29, 0.717) is 6.04 Å². The van der Waals surface area contributed by atoms with Crippen LogP contribution in [0.5, 0.6) is 0 Å². The fraction of sp³-hybridized carbons (Fsp3) is 0.500. The van der Waals surface area contributed by atoms with Gasteiger partial charge in [0.2, 0.25) is 5.91 Å². The number of carbonyl (C=O) groups excluding carboxylic acids is 1. The number of carbonyl (C=O) groups is 1. The van der Waals surface area contributed by atoms with Gasteiger partial charge in [0.25, 0.3) is 0 Å². The van der Waals surface area contributed by atoms with Gasteiger partial charge in [-0.05, 0) is 49.9 Å². The minimum Gasteiger partial charge on any atom is -0.374 e. The van der Waals surface area contributed by atoms with Crippen molar-refractivity contribution in [2.75, 3.05) is 5.32 Å². The van der Waals surface area contributed by atoms with Crippen molar-refractivity contribution in [1.29, 1.82) is 0 Å². The summed E-state index contributed by atoms with van der Waals surface area (Å²) in [5.74, 6) is 0.0856. The van der Waals surface area contributed by atoms with Gasteiger partial charge in [-0.25, -0.2) is 0 Å². The lowest BCUT2D eigenvalue weighted by Crippen LogP contribution is -2.38. The second-order valence-corrected chi connectivity index (χ2v) is 5.72. The van der Waals surface area contributed by atoms with E-state index in [9.17, 15) is 4.79 Å². The number of halogens is 1. The van der Waals surface area contributed by atoms with E-state index in [1.54, 1.807) is 0 Å². The smallest absolute Gasteiger partial charge is 0.242 e. The first-order valence-electron chi connectivity index (χ1n) is 6.45. The monoisotopic (exact) mass is 310 g/mol. The molecule has 1 aliphatic rings. The molecule has 1 aromatic rings. The minimum atomic E-state index is -0.197. The van der Waals surface area contributed by atoms with Crippen molar-refractivity contribution in [2.24, 2.45) is 0 Å². The summed E-state index contributed by atoms with van der Waals surface area (Å²) >= 11 is 3.47. The molecule has 98 valence electrons. The highest BCUT2D eigenvalue weighted by atomic mass is 79.9. The number of hydrogen-bond donors (Lipinski definition) is 2. The van der Waals surface area contributed by atoms with Crippen molar-refractivity contribution in [2.45, 2.75) is 45.2 Å². The Morgan fingerprint density at radius 1 is 1.50 bits per heavy atom. The topological polar surface area (TPSA) is 41.1 Å². The van der Waals surface area contributed by atoms with Gasteiger partial charge >= 0.3 is 0 Å². The van der Waals surface area contributed by atoms with E-state index in [0.717, 1.165) is 29.4 Å². The first kappa shape index (κ1) is 13.4. The molecule has 0 saturated heterocycles. The quantitative estimate of drug-likeness (QED) is 0.877. The van der Waals surface area contributed by atoms with Crippen LogP contribution in [-0.4, -0.2) is 18.0 Å². The van der Waals surface area contributed by atoms with Crippen molar-refractivity contribution < 1.29 is 4.79 Å². The van der Waals surface area contributed by atoms with Gasteiger partial charge in [0.05, 0.1) is 0 Å². The van der Waals surface area contributed by atoms with Crippen LogP contribution in [0.4, 0.5) is 5.69 Å². The molecule has 1 atom stereocenters. The summed E-state index contributed by atoms with van der Waals surface area (Å²) in [6.45, 7) is 4.01. The van der Waals surface area contributed by atoms with Gasteiger partial charge in [-0.1, -0.05) is 22.9 Å². The third-order valence-electron chi connectivity index (χ3n) is 3.14. The summed E-state index contributed by atoms with van der Waals surface area (Å²) in [4.78, 5) is 11.9. The van der Waals surface area contributed by atoms with Crippen LogP contribution in [0.25, 0.3) is 0 Å². The minimum absolute atomic E-state index is 0.0856. The molecule has 0 bridgehead atoms. The molecule has 1 fully saturated rings. The van der Waals surface area contributed by atoms with E-state index < -0.39 is 0 Å². The lowest BCUT2D eigenvalue weighted by Gasteiger charge is -2.17. The number of rotatable bonds is 5. The van der Waals surface area contributed by atoms with Crippen LogP contribution in [0, 0.1) is 0 Å². The van der Waals surface area contributed by atoms with Crippen LogP contribution in [-0.2, 0) is 11.2 Å². The molecule has 0 heterocycles. The predicted molar refractivity (Wildman–Crippen MR) is 77.8 cm³/mol. The average Bonchev–Trinajstić information content (AvgIpc) is 3.15. The Kier molecular flexibility index (Phi) is 4.27. The zero-order valence-electron chi connectivity index (χ0n) is 10.8. The molecule has 1 amide bonds. The summed E-state index contributed by atoms with van der Waals surface area (Å²) in [7, 11) is 0. The van der Waals surface area contributed by atoms with Gasteiger partial charge in [-0.2, -0.15) is 0 Å². The summed E-state index contributed by atoms with van der Waals surface area (Å²) < 4.78 is 1.07. The van der Waals surface area contributed by atoms with E-state index in [1.165, 1.54) is 5.56 Å². The number of nitrogens with one attached hydrogen (secondary N) is 2. The first-order chi connectivity index (χ1) is 8.60. The van der Waals surface area contributed by atoms with Gasteiger partial charge in [0, 0.05) is 16.2 Å². The lowest BCUT2D eigenvalue weighted by atomic mass is 10.1. The van der Waals surface area contributed by atoms with Gasteiger partial charge < -0.3 is 10.6 Å². The molecule has 2 rings (SSSR count). The number of amides is 1. The van der Waals surface area contributed by atoms with E-state index in [-0.39, 0.29) is 11.9 Å². The molecule has 4 heteroatoms. The molecular formula is C14H19BrN2O. The van der Waals surface area contributed by atoms with Crippen molar-refractivity contribution in [3.63, 3.8) is 0 Å². The van der Waals surface area contributed by atoms with E-state index >= 15 is 0 Å². The van der Waals surface area contributed by atoms with Crippen molar-refractivity contribution >= 4 is 27.5 Å². The molecule has 0 spiro atoms. The van der Waals surface area contributed by atoms with E-state index in [1.807, 2.05) is 19.1 Å². The zero-order chi connectivity index (χ0) is 13.1. The van der Waals surface area contributed by atoms with Crippen molar-refractivity contribution in [1.82, 2.24) is 5.32 Å². The zero-order valence-corrected chi connectivity index (χ0v) is 12.4. The van der Waals surface area contributed by atoms with Crippen LogP contribution in [0.3, 0.4) is 0 Å². The predicted octanol–water partition coefficient (Wildman–Crippen LogP) is 3.09. The van der Waals surface area contributed by atoms with Gasteiger partial charge in [0.1, 0.15) is 6.04 Å². The SMILES string of the molecule is CCc1cc(Br)ccc1NC(C)C(=O)NC1CC1. The van der Waals surface area contributed by atoms with Gasteiger partial charge in [-0.15, -0.1) is 0 Å². The molecule has 1 unspecified atom stereocenters. The summed E-state index contributed by atoms with van der Waals surface area (Å²) in [6.07, 6.45) is 3.19. The molecule has 0 aromatic heterocycles. The van der Waals surface area contributed by atoms with Crippen molar-refractivity contribution in [3.05, 3.63) is 28.2 Å². The maximum absolute atomic E-state index is 11.9. The highest BCUT2D eigenvalue weighted by Crippen LogP contribution is 2.23. The van der Waals surface area contributed by atoms with Crippen LogP contribution in [0.1, 0.15) is 32.3 Å². The Labute approximate surface area is 116 Å². The second kappa shape index (κ2) is 5.74. The third kappa shape index (κ3) is 3.48. The fourth-order valence-corrected chi connectivity index (χ4v) is 2.26. The molecular weight excluding hydrogens is 292 g/mol. The Bertz CT molecular complexity index is 443. The van der Waals surface area contributed by atoms with Crippen LogP contribution in [0.15, 0.2) is 22.7 Å². The maximum Gasteiger partial charge on any atom is 0.242 e. The molecule has 2 N–H and O–H groups in total. The highest BCUT2D eigenvalue weighted by molar-refractivity contribution is 9.10.